The Bertz CT molecular complexity index is 1090. The summed E-state index contributed by atoms with van der Waals surface area (Å²) in [5, 5.41) is 15.6. The fraction of sp³-hybridized carbons (Fsp3) is 0.300. The first kappa shape index (κ1) is 19.2. The summed E-state index contributed by atoms with van der Waals surface area (Å²) >= 11 is 7.26. The highest BCUT2D eigenvalue weighted by Gasteiger charge is 2.35. The van der Waals surface area contributed by atoms with Crippen molar-refractivity contribution in [3.63, 3.8) is 0 Å². The Kier molecular flexibility index (Phi) is 5.00. The number of nitrogen functional groups attached to an aromatic ring is 1. The Balaban J connectivity index is 1.35. The highest BCUT2D eigenvalue weighted by Crippen LogP contribution is 2.39. The summed E-state index contributed by atoms with van der Waals surface area (Å²) in [5.74, 6) is 7.95. The van der Waals surface area contributed by atoms with Crippen LogP contribution >= 0.6 is 23.4 Å². The van der Waals surface area contributed by atoms with E-state index >= 15 is 0 Å². The number of hydrogen-bond donors (Lipinski definition) is 1. The molecule has 5 rings (SSSR count). The maximum Gasteiger partial charge on any atom is 0.253 e. The van der Waals surface area contributed by atoms with Gasteiger partial charge in [0, 0.05) is 17.4 Å². The number of carbonyl (C=O) groups is 1. The SMILES string of the molecule is Nn1c(SCC(=O)N2N=C(c3ccc(Cl)cc3)C[C@H]2c2ccco2)nnc1C1CC1. The fourth-order valence-corrected chi connectivity index (χ4v) is 4.30. The maximum absolute atomic E-state index is 13.1. The van der Waals surface area contributed by atoms with Crippen molar-refractivity contribution in [1.82, 2.24) is 19.9 Å². The van der Waals surface area contributed by atoms with E-state index in [-0.39, 0.29) is 17.7 Å². The van der Waals surface area contributed by atoms with Crippen molar-refractivity contribution in [2.24, 2.45) is 5.10 Å². The van der Waals surface area contributed by atoms with Crippen LogP contribution in [0.3, 0.4) is 0 Å². The van der Waals surface area contributed by atoms with Crippen molar-refractivity contribution in [2.75, 3.05) is 11.6 Å². The van der Waals surface area contributed by atoms with E-state index in [0.29, 0.717) is 28.3 Å². The van der Waals surface area contributed by atoms with Gasteiger partial charge in [-0.1, -0.05) is 35.5 Å². The van der Waals surface area contributed by atoms with Crippen LogP contribution in [0.1, 0.15) is 48.4 Å². The lowest BCUT2D eigenvalue weighted by molar-refractivity contribution is -0.130. The molecule has 1 amide bonds. The molecule has 1 aromatic carbocycles. The normalized spacial score (nSPS) is 18.6. The van der Waals surface area contributed by atoms with E-state index in [4.69, 9.17) is 21.9 Å². The van der Waals surface area contributed by atoms with Gasteiger partial charge in [-0.15, -0.1) is 10.2 Å². The van der Waals surface area contributed by atoms with Gasteiger partial charge in [0.05, 0.1) is 17.7 Å². The highest BCUT2D eigenvalue weighted by molar-refractivity contribution is 7.99. The summed E-state index contributed by atoms with van der Waals surface area (Å²) in [6.45, 7) is 0. The molecule has 1 aliphatic carbocycles. The Hall–Kier alpha value is -2.78. The van der Waals surface area contributed by atoms with Crippen LogP contribution in [-0.2, 0) is 4.79 Å². The number of amides is 1. The van der Waals surface area contributed by atoms with Crippen molar-refractivity contribution in [2.45, 2.75) is 36.4 Å². The molecule has 2 aliphatic rings. The minimum atomic E-state index is -0.295. The standard InChI is InChI=1S/C20H19ClN6O2S/c21-14-7-5-12(6-8-14)15-10-16(17-2-1-9-29-17)27(25-15)18(28)11-30-20-24-23-19(26(20)22)13-3-4-13/h1-2,5-9,13,16H,3-4,10-11,22H2/t16-/m0/s1. The lowest BCUT2D eigenvalue weighted by Crippen LogP contribution is -2.28. The Labute approximate surface area is 182 Å². The average Bonchev–Trinajstić information content (AvgIpc) is 3.15. The number of hydrogen-bond acceptors (Lipinski definition) is 7. The monoisotopic (exact) mass is 442 g/mol. The molecule has 10 heteroatoms. The van der Waals surface area contributed by atoms with Crippen molar-refractivity contribution in [3.05, 3.63) is 64.8 Å². The van der Waals surface area contributed by atoms with Crippen LogP contribution in [0.25, 0.3) is 0 Å². The molecule has 2 aromatic heterocycles. The number of rotatable bonds is 6. The number of furan rings is 1. The van der Waals surface area contributed by atoms with Gasteiger partial charge in [-0.2, -0.15) is 5.10 Å². The molecular weight excluding hydrogens is 424 g/mol. The van der Waals surface area contributed by atoms with E-state index in [2.05, 4.69) is 15.3 Å². The second kappa shape index (κ2) is 7.81. The van der Waals surface area contributed by atoms with Crippen LogP contribution < -0.4 is 5.84 Å². The Morgan fingerprint density at radius 1 is 1.23 bits per heavy atom. The quantitative estimate of drug-likeness (QED) is 0.462. The summed E-state index contributed by atoms with van der Waals surface area (Å²) in [7, 11) is 0. The van der Waals surface area contributed by atoms with Crippen LogP contribution in [-0.4, -0.2) is 37.3 Å². The smallest absolute Gasteiger partial charge is 0.253 e. The molecule has 1 fully saturated rings. The zero-order valence-electron chi connectivity index (χ0n) is 15.9. The van der Waals surface area contributed by atoms with E-state index in [1.165, 1.54) is 21.4 Å². The molecule has 3 heterocycles. The molecule has 0 spiro atoms. The van der Waals surface area contributed by atoms with Crippen LogP contribution in [0.5, 0.6) is 0 Å². The van der Waals surface area contributed by atoms with Gasteiger partial charge in [-0.3, -0.25) is 4.79 Å². The Morgan fingerprint density at radius 3 is 2.73 bits per heavy atom. The lowest BCUT2D eigenvalue weighted by Gasteiger charge is -2.19. The summed E-state index contributed by atoms with van der Waals surface area (Å²) in [4.78, 5) is 13.1. The molecule has 8 nitrogen and oxygen atoms in total. The molecule has 1 saturated carbocycles. The molecular formula is C20H19ClN6O2S. The van der Waals surface area contributed by atoms with Crippen LogP contribution in [0.15, 0.2) is 57.3 Å². The third kappa shape index (κ3) is 3.70. The van der Waals surface area contributed by atoms with Gasteiger partial charge < -0.3 is 10.3 Å². The van der Waals surface area contributed by atoms with Crippen molar-refractivity contribution >= 4 is 35.0 Å². The van der Waals surface area contributed by atoms with Gasteiger partial charge in [0.1, 0.15) is 11.8 Å². The third-order valence-electron chi connectivity index (χ3n) is 5.17. The first-order valence-corrected chi connectivity index (χ1v) is 11.0. The zero-order valence-corrected chi connectivity index (χ0v) is 17.5. The number of nitrogens with zero attached hydrogens (tertiary/aromatic N) is 5. The molecule has 30 heavy (non-hydrogen) atoms. The van der Waals surface area contributed by atoms with E-state index in [0.717, 1.165) is 29.9 Å². The van der Waals surface area contributed by atoms with Gasteiger partial charge in [0.2, 0.25) is 5.16 Å². The molecule has 0 saturated heterocycles. The van der Waals surface area contributed by atoms with Crippen molar-refractivity contribution < 1.29 is 9.21 Å². The van der Waals surface area contributed by atoms with Gasteiger partial charge in [-0.25, -0.2) is 9.69 Å². The summed E-state index contributed by atoms with van der Waals surface area (Å²) in [5.41, 5.74) is 1.74. The molecule has 0 bridgehead atoms. The van der Waals surface area contributed by atoms with Crippen LogP contribution in [0.2, 0.25) is 5.02 Å². The Morgan fingerprint density at radius 2 is 2.03 bits per heavy atom. The third-order valence-corrected chi connectivity index (χ3v) is 6.35. The van der Waals surface area contributed by atoms with E-state index in [1.54, 1.807) is 6.26 Å². The van der Waals surface area contributed by atoms with E-state index in [9.17, 15) is 4.79 Å². The van der Waals surface area contributed by atoms with Crippen molar-refractivity contribution in [1.29, 1.82) is 0 Å². The number of benzene rings is 1. The number of halogens is 1. The highest BCUT2D eigenvalue weighted by atomic mass is 35.5. The largest absolute Gasteiger partial charge is 0.467 e. The fourth-order valence-electron chi connectivity index (χ4n) is 3.46. The van der Waals surface area contributed by atoms with Gasteiger partial charge >= 0.3 is 0 Å². The molecule has 0 unspecified atom stereocenters. The topological polar surface area (TPSA) is 103 Å². The second-order valence-electron chi connectivity index (χ2n) is 7.30. The summed E-state index contributed by atoms with van der Waals surface area (Å²) in [6.07, 6.45) is 4.33. The van der Waals surface area contributed by atoms with Gasteiger partial charge in [-0.05, 0) is 42.7 Å². The van der Waals surface area contributed by atoms with Crippen LogP contribution in [0.4, 0.5) is 0 Å². The van der Waals surface area contributed by atoms with Gasteiger partial charge in [0.25, 0.3) is 5.91 Å². The predicted molar refractivity (Wildman–Crippen MR) is 114 cm³/mol. The second-order valence-corrected chi connectivity index (χ2v) is 8.68. The predicted octanol–water partition coefficient (Wildman–Crippen LogP) is 3.59. The zero-order chi connectivity index (χ0) is 20.7. The number of hydrazone groups is 1. The first-order chi connectivity index (χ1) is 14.6. The maximum atomic E-state index is 13.1. The van der Waals surface area contributed by atoms with Crippen molar-refractivity contribution in [3.8, 4) is 0 Å². The molecule has 1 atom stereocenters. The molecule has 3 aromatic rings. The minimum absolute atomic E-state index is 0.147. The number of nitrogens with two attached hydrogens (primary N) is 1. The summed E-state index contributed by atoms with van der Waals surface area (Å²) < 4.78 is 7.07. The van der Waals surface area contributed by atoms with E-state index < -0.39 is 0 Å². The van der Waals surface area contributed by atoms with Crippen LogP contribution in [0, 0.1) is 0 Å². The minimum Gasteiger partial charge on any atom is -0.467 e. The molecule has 0 radical (unpaired) electrons. The first-order valence-electron chi connectivity index (χ1n) is 9.62. The lowest BCUT2D eigenvalue weighted by atomic mass is 10.0. The number of thioether (sulfide) groups is 1. The molecule has 154 valence electrons. The van der Waals surface area contributed by atoms with Gasteiger partial charge in [0.15, 0.2) is 5.82 Å². The number of carbonyl (C=O) groups excluding carboxylic acids is 1. The number of aromatic nitrogens is 3. The summed E-state index contributed by atoms with van der Waals surface area (Å²) in [6, 6.07) is 10.8. The molecule has 1 aliphatic heterocycles. The average molecular weight is 443 g/mol. The molecule has 2 N–H and O–H groups in total. The van der Waals surface area contributed by atoms with E-state index in [1.807, 2.05) is 36.4 Å².